The molecule has 4 rings (SSSR count). The Morgan fingerprint density at radius 3 is 2.59 bits per heavy atom. The van der Waals surface area contributed by atoms with Crippen molar-refractivity contribution >= 4 is 28.2 Å². The quantitative estimate of drug-likeness (QED) is 0.802. The van der Waals surface area contributed by atoms with E-state index in [2.05, 4.69) is 31.2 Å². The minimum atomic E-state index is 0.819. The van der Waals surface area contributed by atoms with E-state index >= 15 is 0 Å². The van der Waals surface area contributed by atoms with Crippen LogP contribution in [-0.2, 0) is 0 Å². The summed E-state index contributed by atoms with van der Waals surface area (Å²) in [6, 6.07) is 12.1. The first-order valence-corrected chi connectivity index (χ1v) is 7.58. The van der Waals surface area contributed by atoms with Gasteiger partial charge in [0, 0.05) is 24.2 Å². The highest BCUT2D eigenvalue weighted by Gasteiger charge is 2.15. The zero-order valence-corrected chi connectivity index (χ0v) is 12.2. The summed E-state index contributed by atoms with van der Waals surface area (Å²) in [4.78, 5) is 15.6. The molecule has 2 aromatic heterocycles. The van der Waals surface area contributed by atoms with E-state index in [9.17, 15) is 0 Å². The number of anilines is 3. The number of para-hydroxylation sites is 1. The molecule has 1 N–H and O–H groups in total. The first kappa shape index (κ1) is 13.0. The fourth-order valence-electron chi connectivity index (χ4n) is 2.83. The number of hydrogen-bond donors (Lipinski definition) is 1. The minimum Gasteiger partial charge on any atom is -0.357 e. The third-order valence-corrected chi connectivity index (χ3v) is 3.97. The van der Waals surface area contributed by atoms with Gasteiger partial charge in [-0.1, -0.05) is 18.2 Å². The summed E-state index contributed by atoms with van der Waals surface area (Å²) >= 11 is 0. The number of fused-ring (bicyclic) bond motifs is 1. The Morgan fingerprint density at radius 1 is 0.955 bits per heavy atom. The Kier molecular flexibility index (Phi) is 3.31. The molecule has 1 aliphatic rings. The summed E-state index contributed by atoms with van der Waals surface area (Å²) < 4.78 is 0. The van der Waals surface area contributed by atoms with Gasteiger partial charge in [0.15, 0.2) is 0 Å². The zero-order chi connectivity index (χ0) is 14.8. The van der Waals surface area contributed by atoms with Crippen molar-refractivity contribution in [2.45, 2.75) is 12.8 Å². The molecule has 1 saturated heterocycles. The molecule has 22 heavy (non-hydrogen) atoms. The van der Waals surface area contributed by atoms with E-state index in [0.717, 1.165) is 41.3 Å². The maximum Gasteiger partial charge on any atom is 0.141 e. The van der Waals surface area contributed by atoms with Gasteiger partial charge in [-0.2, -0.15) is 0 Å². The molecule has 0 amide bonds. The Morgan fingerprint density at radius 2 is 1.77 bits per heavy atom. The molecular formula is C17H17N5. The van der Waals surface area contributed by atoms with Crippen molar-refractivity contribution in [3.63, 3.8) is 0 Å². The van der Waals surface area contributed by atoms with E-state index in [4.69, 9.17) is 0 Å². The summed E-state index contributed by atoms with van der Waals surface area (Å²) in [6.45, 7) is 2.15. The van der Waals surface area contributed by atoms with Crippen LogP contribution in [0.5, 0.6) is 0 Å². The van der Waals surface area contributed by atoms with Gasteiger partial charge >= 0.3 is 0 Å². The molecule has 110 valence electrons. The second-order valence-electron chi connectivity index (χ2n) is 5.47. The number of benzene rings is 1. The van der Waals surface area contributed by atoms with Crippen LogP contribution < -0.4 is 10.2 Å². The largest absolute Gasteiger partial charge is 0.357 e. The summed E-state index contributed by atoms with van der Waals surface area (Å²) in [5, 5.41) is 4.37. The summed E-state index contributed by atoms with van der Waals surface area (Å²) in [7, 11) is 0. The van der Waals surface area contributed by atoms with Crippen LogP contribution in [-0.4, -0.2) is 28.0 Å². The molecule has 3 aromatic rings. The second-order valence-corrected chi connectivity index (χ2v) is 5.47. The molecule has 1 aromatic carbocycles. The number of nitrogens with zero attached hydrogens (tertiary/aromatic N) is 4. The van der Waals surface area contributed by atoms with E-state index in [-0.39, 0.29) is 0 Å². The second kappa shape index (κ2) is 5.60. The average Bonchev–Trinajstić information content (AvgIpc) is 3.10. The molecule has 1 aliphatic heterocycles. The maximum absolute atomic E-state index is 4.54. The Labute approximate surface area is 129 Å². The van der Waals surface area contributed by atoms with Crippen molar-refractivity contribution in [3.05, 3.63) is 48.9 Å². The lowest BCUT2D eigenvalue weighted by molar-refractivity contribution is 0.939. The van der Waals surface area contributed by atoms with Crippen molar-refractivity contribution in [1.82, 2.24) is 15.0 Å². The van der Waals surface area contributed by atoms with Crippen molar-refractivity contribution in [1.29, 1.82) is 0 Å². The molecule has 0 radical (unpaired) electrons. The predicted octanol–water partition coefficient (Wildman–Crippen LogP) is 3.37. The summed E-state index contributed by atoms with van der Waals surface area (Å²) in [5.41, 5.74) is 1.87. The van der Waals surface area contributed by atoms with Crippen LogP contribution in [0.25, 0.3) is 10.9 Å². The highest BCUT2D eigenvalue weighted by Crippen LogP contribution is 2.27. The monoisotopic (exact) mass is 291 g/mol. The minimum absolute atomic E-state index is 0.819. The van der Waals surface area contributed by atoms with Crippen molar-refractivity contribution in [2.75, 3.05) is 23.3 Å². The first-order chi connectivity index (χ1) is 10.9. The molecule has 0 atom stereocenters. The average molecular weight is 291 g/mol. The SMILES string of the molecule is c1ccc(Nc2ncnc3cnc(N4CCCC4)cc23)cc1. The highest BCUT2D eigenvalue weighted by atomic mass is 15.2. The van der Waals surface area contributed by atoms with Gasteiger partial charge in [-0.3, -0.25) is 0 Å². The fraction of sp³-hybridized carbons (Fsp3) is 0.235. The lowest BCUT2D eigenvalue weighted by Gasteiger charge is -2.17. The van der Waals surface area contributed by atoms with Gasteiger partial charge in [-0.15, -0.1) is 0 Å². The number of rotatable bonds is 3. The van der Waals surface area contributed by atoms with Gasteiger partial charge in [0.2, 0.25) is 0 Å². The Hall–Kier alpha value is -2.69. The molecule has 0 saturated carbocycles. The number of nitrogens with one attached hydrogen (secondary N) is 1. The van der Waals surface area contributed by atoms with Crippen LogP contribution in [0.1, 0.15) is 12.8 Å². The topological polar surface area (TPSA) is 53.9 Å². The smallest absolute Gasteiger partial charge is 0.141 e. The standard InChI is InChI=1S/C17H17N5/c1-2-6-13(7-3-1)21-17-14-10-16(22-8-4-5-9-22)18-11-15(14)19-12-20-17/h1-3,6-7,10-12H,4-5,8-9H2,(H,19,20,21). The van der Waals surface area contributed by atoms with Gasteiger partial charge in [0.1, 0.15) is 18.0 Å². The van der Waals surface area contributed by atoms with Gasteiger partial charge in [0.25, 0.3) is 0 Å². The molecule has 5 nitrogen and oxygen atoms in total. The van der Waals surface area contributed by atoms with E-state index < -0.39 is 0 Å². The number of aromatic nitrogens is 3. The Bertz CT molecular complexity index is 781. The van der Waals surface area contributed by atoms with Gasteiger partial charge < -0.3 is 10.2 Å². The molecular weight excluding hydrogens is 274 g/mol. The fourth-order valence-corrected chi connectivity index (χ4v) is 2.83. The maximum atomic E-state index is 4.54. The van der Waals surface area contributed by atoms with Crippen LogP contribution in [0, 0.1) is 0 Å². The molecule has 3 heterocycles. The van der Waals surface area contributed by atoms with Crippen LogP contribution >= 0.6 is 0 Å². The third-order valence-electron chi connectivity index (χ3n) is 3.97. The molecule has 1 fully saturated rings. The van der Waals surface area contributed by atoms with Crippen molar-refractivity contribution in [2.24, 2.45) is 0 Å². The van der Waals surface area contributed by atoms with E-state index in [1.165, 1.54) is 12.8 Å². The molecule has 5 heteroatoms. The van der Waals surface area contributed by atoms with Crippen LogP contribution in [0.15, 0.2) is 48.9 Å². The van der Waals surface area contributed by atoms with Crippen LogP contribution in [0.4, 0.5) is 17.3 Å². The Balaban J connectivity index is 1.75. The van der Waals surface area contributed by atoms with E-state index in [0.29, 0.717) is 0 Å². The lowest BCUT2D eigenvalue weighted by Crippen LogP contribution is -2.18. The van der Waals surface area contributed by atoms with Gasteiger partial charge in [-0.05, 0) is 31.0 Å². The normalized spacial score (nSPS) is 14.5. The van der Waals surface area contributed by atoms with Crippen LogP contribution in [0.2, 0.25) is 0 Å². The highest BCUT2D eigenvalue weighted by molar-refractivity contribution is 5.91. The first-order valence-electron chi connectivity index (χ1n) is 7.58. The van der Waals surface area contributed by atoms with Crippen LogP contribution in [0.3, 0.4) is 0 Å². The van der Waals surface area contributed by atoms with Gasteiger partial charge in [0.05, 0.1) is 11.7 Å². The van der Waals surface area contributed by atoms with Gasteiger partial charge in [-0.25, -0.2) is 15.0 Å². The summed E-state index contributed by atoms with van der Waals surface area (Å²) in [6.07, 6.45) is 5.88. The molecule has 0 aliphatic carbocycles. The third kappa shape index (κ3) is 2.45. The number of pyridine rings is 1. The molecule has 0 spiro atoms. The van der Waals surface area contributed by atoms with Crippen molar-refractivity contribution in [3.8, 4) is 0 Å². The predicted molar refractivity (Wildman–Crippen MR) is 88.5 cm³/mol. The molecule has 0 bridgehead atoms. The lowest BCUT2D eigenvalue weighted by atomic mass is 10.2. The van der Waals surface area contributed by atoms with E-state index in [1.54, 1.807) is 6.33 Å². The molecule has 0 unspecified atom stereocenters. The van der Waals surface area contributed by atoms with Crippen molar-refractivity contribution < 1.29 is 0 Å². The number of hydrogen-bond acceptors (Lipinski definition) is 5. The van der Waals surface area contributed by atoms with E-state index in [1.807, 2.05) is 36.5 Å². The zero-order valence-electron chi connectivity index (χ0n) is 12.2. The summed E-state index contributed by atoms with van der Waals surface area (Å²) in [5.74, 6) is 1.83.